The van der Waals surface area contributed by atoms with E-state index in [0.29, 0.717) is 17.3 Å². The van der Waals surface area contributed by atoms with Crippen LogP contribution in [0, 0.1) is 5.92 Å². The van der Waals surface area contributed by atoms with Crippen molar-refractivity contribution in [1.82, 2.24) is 15.1 Å². The molecule has 1 aliphatic rings. The second kappa shape index (κ2) is 4.71. The molecule has 2 N–H and O–H groups in total. The molecular formula is C11H13ClN4O. The van der Waals surface area contributed by atoms with Gasteiger partial charge < -0.3 is 10.3 Å². The van der Waals surface area contributed by atoms with E-state index in [1.165, 1.54) is 12.8 Å². The predicted molar refractivity (Wildman–Crippen MR) is 65.6 cm³/mol. The highest BCUT2D eigenvalue weighted by molar-refractivity contribution is 5.85. The molecule has 90 valence electrons. The lowest BCUT2D eigenvalue weighted by Gasteiger charge is -1.93. The maximum Gasteiger partial charge on any atom is 0.276 e. The molecule has 1 saturated carbocycles. The summed E-state index contributed by atoms with van der Waals surface area (Å²) in [6.07, 6.45) is 5.06. The van der Waals surface area contributed by atoms with E-state index in [-0.39, 0.29) is 12.4 Å². The number of nitrogen functional groups attached to an aromatic ring is 1. The van der Waals surface area contributed by atoms with Gasteiger partial charge in [0.05, 0.1) is 11.9 Å². The first-order valence-electron chi connectivity index (χ1n) is 5.36. The van der Waals surface area contributed by atoms with Crippen LogP contribution in [0.1, 0.15) is 18.7 Å². The van der Waals surface area contributed by atoms with Gasteiger partial charge in [-0.3, -0.25) is 0 Å². The van der Waals surface area contributed by atoms with Gasteiger partial charge in [-0.2, -0.15) is 4.98 Å². The quantitative estimate of drug-likeness (QED) is 0.905. The molecule has 3 rings (SSSR count). The van der Waals surface area contributed by atoms with Crippen molar-refractivity contribution in [3.63, 3.8) is 0 Å². The number of nitrogens with two attached hydrogens (primary N) is 1. The number of anilines is 1. The average Bonchev–Trinajstić information content (AvgIpc) is 2.97. The summed E-state index contributed by atoms with van der Waals surface area (Å²) in [5.74, 6) is 2.00. The molecule has 6 heteroatoms. The van der Waals surface area contributed by atoms with Crippen LogP contribution in [-0.2, 0) is 6.42 Å². The van der Waals surface area contributed by atoms with E-state index in [4.69, 9.17) is 10.3 Å². The molecule has 1 aliphatic carbocycles. The van der Waals surface area contributed by atoms with Gasteiger partial charge in [-0.25, -0.2) is 4.98 Å². The molecule has 2 aromatic rings. The van der Waals surface area contributed by atoms with E-state index in [2.05, 4.69) is 15.1 Å². The SMILES string of the molecule is Cl.Nc1ccc(-c2nc(CC3CC3)no2)nc1. The Hall–Kier alpha value is -1.62. The van der Waals surface area contributed by atoms with Crippen LogP contribution in [0.2, 0.25) is 0 Å². The van der Waals surface area contributed by atoms with E-state index >= 15 is 0 Å². The summed E-state index contributed by atoms with van der Waals surface area (Å²) in [5, 5.41) is 3.94. The molecule has 1 fully saturated rings. The lowest BCUT2D eigenvalue weighted by atomic mass is 10.3. The second-order valence-corrected chi connectivity index (χ2v) is 4.14. The molecule has 2 aromatic heterocycles. The molecule has 0 aromatic carbocycles. The van der Waals surface area contributed by atoms with Gasteiger partial charge >= 0.3 is 0 Å². The fourth-order valence-corrected chi connectivity index (χ4v) is 1.55. The van der Waals surface area contributed by atoms with Crippen LogP contribution in [-0.4, -0.2) is 15.1 Å². The molecule has 0 saturated heterocycles. The number of aromatic nitrogens is 3. The number of hydrogen-bond acceptors (Lipinski definition) is 5. The largest absolute Gasteiger partial charge is 0.397 e. The van der Waals surface area contributed by atoms with Crippen molar-refractivity contribution < 1.29 is 4.52 Å². The van der Waals surface area contributed by atoms with Crippen molar-refractivity contribution in [2.75, 3.05) is 5.73 Å². The number of hydrogen-bond donors (Lipinski definition) is 1. The van der Waals surface area contributed by atoms with Gasteiger partial charge in [0.1, 0.15) is 5.69 Å². The monoisotopic (exact) mass is 252 g/mol. The zero-order chi connectivity index (χ0) is 11.0. The van der Waals surface area contributed by atoms with Crippen LogP contribution in [0.15, 0.2) is 22.9 Å². The molecule has 2 heterocycles. The number of nitrogens with zero attached hydrogens (tertiary/aromatic N) is 3. The molecule has 0 bridgehead atoms. The minimum atomic E-state index is 0. The highest BCUT2D eigenvalue weighted by atomic mass is 35.5. The van der Waals surface area contributed by atoms with Crippen molar-refractivity contribution in [2.45, 2.75) is 19.3 Å². The summed E-state index contributed by atoms with van der Waals surface area (Å²) >= 11 is 0. The fraction of sp³-hybridized carbons (Fsp3) is 0.364. The Bertz CT molecular complexity index is 492. The third kappa shape index (κ3) is 2.74. The molecule has 0 aliphatic heterocycles. The summed E-state index contributed by atoms with van der Waals surface area (Å²) in [4.78, 5) is 8.44. The lowest BCUT2D eigenvalue weighted by molar-refractivity contribution is 0.420. The molecule has 17 heavy (non-hydrogen) atoms. The Balaban J connectivity index is 0.00000108. The van der Waals surface area contributed by atoms with E-state index in [1.807, 2.05) is 0 Å². The highest BCUT2D eigenvalue weighted by Crippen LogP contribution is 2.32. The molecule has 0 radical (unpaired) electrons. The third-order valence-electron chi connectivity index (χ3n) is 2.64. The van der Waals surface area contributed by atoms with Gasteiger partial charge in [0.2, 0.25) is 0 Å². The van der Waals surface area contributed by atoms with Gasteiger partial charge in [0.15, 0.2) is 5.82 Å². The topological polar surface area (TPSA) is 77.8 Å². The van der Waals surface area contributed by atoms with E-state index in [1.54, 1.807) is 18.3 Å². The number of rotatable bonds is 3. The van der Waals surface area contributed by atoms with Gasteiger partial charge in [0.25, 0.3) is 5.89 Å². The normalized spacial score (nSPS) is 14.4. The van der Waals surface area contributed by atoms with Crippen molar-refractivity contribution in [2.24, 2.45) is 5.92 Å². The van der Waals surface area contributed by atoms with Crippen molar-refractivity contribution in [3.05, 3.63) is 24.2 Å². The molecule has 0 unspecified atom stereocenters. The van der Waals surface area contributed by atoms with E-state index in [0.717, 1.165) is 18.2 Å². The van der Waals surface area contributed by atoms with Gasteiger partial charge in [-0.05, 0) is 30.9 Å². The lowest BCUT2D eigenvalue weighted by Crippen LogP contribution is -1.90. The molecule has 5 nitrogen and oxygen atoms in total. The van der Waals surface area contributed by atoms with Crippen LogP contribution >= 0.6 is 12.4 Å². The minimum absolute atomic E-state index is 0. The summed E-state index contributed by atoms with van der Waals surface area (Å²) < 4.78 is 5.15. The van der Waals surface area contributed by atoms with Crippen LogP contribution in [0.25, 0.3) is 11.6 Å². The maximum atomic E-state index is 5.55. The summed E-state index contributed by atoms with van der Waals surface area (Å²) in [6.45, 7) is 0. The number of halogens is 1. The molecular weight excluding hydrogens is 240 g/mol. The van der Waals surface area contributed by atoms with Crippen LogP contribution in [0.5, 0.6) is 0 Å². The van der Waals surface area contributed by atoms with Crippen molar-refractivity contribution in [3.8, 4) is 11.6 Å². The average molecular weight is 253 g/mol. The summed E-state index contributed by atoms with van der Waals surface area (Å²) in [6, 6.07) is 3.55. The first kappa shape index (κ1) is 11.9. The van der Waals surface area contributed by atoms with Gasteiger partial charge in [0, 0.05) is 6.42 Å². The maximum absolute atomic E-state index is 5.55. The van der Waals surface area contributed by atoms with Crippen molar-refractivity contribution in [1.29, 1.82) is 0 Å². The van der Waals surface area contributed by atoms with E-state index in [9.17, 15) is 0 Å². The second-order valence-electron chi connectivity index (χ2n) is 4.14. The van der Waals surface area contributed by atoms with Crippen LogP contribution < -0.4 is 5.73 Å². The first-order chi connectivity index (χ1) is 7.81. The molecule has 0 atom stereocenters. The Morgan fingerprint density at radius 1 is 1.35 bits per heavy atom. The van der Waals surface area contributed by atoms with Crippen LogP contribution in [0.4, 0.5) is 5.69 Å². The molecule has 0 spiro atoms. The predicted octanol–water partition coefficient (Wildman–Crippen LogP) is 2.09. The van der Waals surface area contributed by atoms with Crippen LogP contribution in [0.3, 0.4) is 0 Å². The standard InChI is InChI=1S/C11H12N4O.ClH/c12-8-3-4-9(13-6-8)11-14-10(15-16-11)5-7-1-2-7;/h3-4,6-7H,1-2,5,12H2;1H. The number of pyridine rings is 1. The molecule has 0 amide bonds. The zero-order valence-electron chi connectivity index (χ0n) is 9.17. The minimum Gasteiger partial charge on any atom is -0.397 e. The summed E-state index contributed by atoms with van der Waals surface area (Å²) in [5.41, 5.74) is 6.85. The van der Waals surface area contributed by atoms with Gasteiger partial charge in [-0.15, -0.1) is 12.4 Å². The Morgan fingerprint density at radius 3 is 2.82 bits per heavy atom. The third-order valence-corrected chi connectivity index (χ3v) is 2.64. The Morgan fingerprint density at radius 2 is 2.18 bits per heavy atom. The van der Waals surface area contributed by atoms with E-state index < -0.39 is 0 Å². The summed E-state index contributed by atoms with van der Waals surface area (Å²) in [7, 11) is 0. The fourth-order valence-electron chi connectivity index (χ4n) is 1.55. The Labute approximate surface area is 105 Å². The first-order valence-corrected chi connectivity index (χ1v) is 5.36. The van der Waals surface area contributed by atoms with Crippen molar-refractivity contribution >= 4 is 18.1 Å². The van der Waals surface area contributed by atoms with Gasteiger partial charge in [-0.1, -0.05) is 5.16 Å². The smallest absolute Gasteiger partial charge is 0.276 e. The Kier molecular flexibility index (Phi) is 3.28. The highest BCUT2D eigenvalue weighted by Gasteiger charge is 2.24. The zero-order valence-corrected chi connectivity index (χ0v) is 9.98.